The highest BCUT2D eigenvalue weighted by Gasteiger charge is 2.14. The Morgan fingerprint density at radius 1 is 1.04 bits per heavy atom. The van der Waals surface area contributed by atoms with E-state index in [2.05, 4.69) is 11.4 Å². The highest BCUT2D eigenvalue weighted by molar-refractivity contribution is 5.70. The minimum atomic E-state index is -0.453. The van der Waals surface area contributed by atoms with Crippen LogP contribution in [0, 0.1) is 21.4 Å². The number of anilines is 1. The van der Waals surface area contributed by atoms with Gasteiger partial charge in [0.25, 0.3) is 5.69 Å². The Hall–Kier alpha value is -3.69. The van der Waals surface area contributed by atoms with E-state index >= 15 is 0 Å². The molecule has 0 heterocycles. The smallest absolute Gasteiger partial charge is 0.292 e. The summed E-state index contributed by atoms with van der Waals surface area (Å²) in [5.74, 6) is 0. The third kappa shape index (κ3) is 4.11. The second-order valence-corrected chi connectivity index (χ2v) is 5.97. The van der Waals surface area contributed by atoms with Crippen molar-refractivity contribution in [2.24, 2.45) is 0 Å². The minimum Gasteiger partial charge on any atom is -0.392 e. The van der Waals surface area contributed by atoms with E-state index < -0.39 is 4.92 Å². The van der Waals surface area contributed by atoms with Crippen molar-refractivity contribution in [1.82, 2.24) is 0 Å². The molecule has 3 aromatic rings. The molecule has 27 heavy (non-hydrogen) atoms. The lowest BCUT2D eigenvalue weighted by Gasteiger charge is -2.10. The second kappa shape index (κ2) is 8.13. The molecule has 0 saturated heterocycles. The van der Waals surface area contributed by atoms with Crippen molar-refractivity contribution >= 4 is 11.4 Å². The molecule has 0 fully saturated rings. The van der Waals surface area contributed by atoms with Gasteiger partial charge in [0.05, 0.1) is 23.2 Å². The van der Waals surface area contributed by atoms with Crippen molar-refractivity contribution in [3.05, 3.63) is 93.5 Å². The molecule has 6 nitrogen and oxygen atoms in total. The monoisotopic (exact) mass is 359 g/mol. The maximum absolute atomic E-state index is 11.2. The van der Waals surface area contributed by atoms with Gasteiger partial charge in [-0.05, 0) is 40.5 Å². The average Bonchev–Trinajstić information content (AvgIpc) is 2.72. The molecule has 134 valence electrons. The van der Waals surface area contributed by atoms with Crippen molar-refractivity contribution in [2.45, 2.75) is 13.2 Å². The highest BCUT2D eigenvalue weighted by atomic mass is 16.6. The molecule has 3 rings (SSSR count). The molecule has 0 unspecified atom stereocenters. The molecule has 0 aliphatic carbocycles. The molecular formula is C21H17N3O3. The van der Waals surface area contributed by atoms with Gasteiger partial charge in [-0.3, -0.25) is 10.1 Å². The van der Waals surface area contributed by atoms with E-state index in [0.29, 0.717) is 23.4 Å². The van der Waals surface area contributed by atoms with Crippen molar-refractivity contribution in [2.75, 3.05) is 5.32 Å². The number of rotatable bonds is 6. The molecule has 0 radical (unpaired) electrons. The molecule has 0 saturated carbocycles. The van der Waals surface area contributed by atoms with Gasteiger partial charge in [0, 0.05) is 12.6 Å². The fourth-order valence-electron chi connectivity index (χ4n) is 2.81. The zero-order valence-corrected chi connectivity index (χ0v) is 14.4. The number of nitriles is 1. The molecular weight excluding hydrogens is 342 g/mol. The van der Waals surface area contributed by atoms with Crippen molar-refractivity contribution in [3.63, 3.8) is 0 Å². The van der Waals surface area contributed by atoms with Gasteiger partial charge in [-0.25, -0.2) is 0 Å². The summed E-state index contributed by atoms with van der Waals surface area (Å²) in [6.07, 6.45) is 0. The predicted octanol–water partition coefficient (Wildman–Crippen LogP) is 4.24. The van der Waals surface area contributed by atoms with Crippen LogP contribution in [0.4, 0.5) is 11.4 Å². The first-order valence-electron chi connectivity index (χ1n) is 8.33. The van der Waals surface area contributed by atoms with Gasteiger partial charge in [0.1, 0.15) is 5.69 Å². The third-order valence-electron chi connectivity index (χ3n) is 4.24. The number of benzene rings is 3. The highest BCUT2D eigenvalue weighted by Crippen LogP contribution is 2.27. The van der Waals surface area contributed by atoms with E-state index in [-0.39, 0.29) is 12.3 Å². The van der Waals surface area contributed by atoms with Crippen molar-refractivity contribution < 1.29 is 10.0 Å². The normalized spacial score (nSPS) is 10.2. The van der Waals surface area contributed by atoms with E-state index in [4.69, 9.17) is 0 Å². The number of nitrogens with zero attached hydrogens (tertiary/aromatic N) is 2. The van der Waals surface area contributed by atoms with E-state index in [9.17, 15) is 20.5 Å². The van der Waals surface area contributed by atoms with Gasteiger partial charge >= 0.3 is 0 Å². The number of hydrogen-bond donors (Lipinski definition) is 2. The van der Waals surface area contributed by atoms with Crippen LogP contribution in [-0.2, 0) is 13.2 Å². The van der Waals surface area contributed by atoms with Crippen LogP contribution in [0.2, 0.25) is 0 Å². The van der Waals surface area contributed by atoms with E-state index in [1.54, 1.807) is 12.1 Å². The Kier molecular flexibility index (Phi) is 5.45. The number of nitro groups is 1. The molecule has 6 heteroatoms. The first kappa shape index (κ1) is 18.1. The minimum absolute atomic E-state index is 0.0354. The fourth-order valence-corrected chi connectivity index (χ4v) is 2.81. The summed E-state index contributed by atoms with van der Waals surface area (Å²) in [7, 11) is 0. The Balaban J connectivity index is 1.78. The number of aliphatic hydroxyl groups excluding tert-OH is 1. The summed E-state index contributed by atoms with van der Waals surface area (Å²) in [4.78, 5) is 10.7. The van der Waals surface area contributed by atoms with Crippen LogP contribution >= 0.6 is 0 Å². The van der Waals surface area contributed by atoms with Gasteiger partial charge in [-0.1, -0.05) is 42.5 Å². The largest absolute Gasteiger partial charge is 0.392 e. The zero-order chi connectivity index (χ0) is 19.2. The molecule has 0 atom stereocenters. The zero-order valence-electron chi connectivity index (χ0n) is 14.4. The molecule has 0 aliphatic heterocycles. The van der Waals surface area contributed by atoms with Crippen LogP contribution in [0.5, 0.6) is 0 Å². The average molecular weight is 359 g/mol. The topological polar surface area (TPSA) is 99.2 Å². The summed E-state index contributed by atoms with van der Waals surface area (Å²) in [6, 6.07) is 21.7. The Bertz CT molecular complexity index is 1010. The van der Waals surface area contributed by atoms with Crippen LogP contribution in [0.3, 0.4) is 0 Å². The Morgan fingerprint density at radius 2 is 1.74 bits per heavy atom. The van der Waals surface area contributed by atoms with Crippen molar-refractivity contribution in [1.29, 1.82) is 5.26 Å². The van der Waals surface area contributed by atoms with Gasteiger partial charge in [0.15, 0.2) is 0 Å². The van der Waals surface area contributed by atoms with E-state index in [1.807, 2.05) is 42.5 Å². The second-order valence-electron chi connectivity index (χ2n) is 5.97. The Labute approximate surface area is 156 Å². The first-order valence-corrected chi connectivity index (χ1v) is 8.33. The maximum Gasteiger partial charge on any atom is 0.292 e. The number of hydrogen-bond acceptors (Lipinski definition) is 5. The van der Waals surface area contributed by atoms with Crippen molar-refractivity contribution in [3.8, 4) is 17.2 Å². The lowest BCUT2D eigenvalue weighted by molar-refractivity contribution is -0.384. The summed E-state index contributed by atoms with van der Waals surface area (Å²) >= 11 is 0. The van der Waals surface area contributed by atoms with Crippen LogP contribution in [0.1, 0.15) is 16.7 Å². The van der Waals surface area contributed by atoms with Gasteiger partial charge in [0.2, 0.25) is 0 Å². The predicted molar refractivity (Wildman–Crippen MR) is 103 cm³/mol. The SMILES string of the molecule is N#Cc1ccccc1-c1ccc(CNc2cc(CO)ccc2[N+](=O)[O-])cc1. The van der Waals surface area contributed by atoms with Crippen LogP contribution < -0.4 is 5.32 Å². The summed E-state index contributed by atoms with van der Waals surface area (Å²) in [5, 5.41) is 32.7. The lowest BCUT2D eigenvalue weighted by Crippen LogP contribution is -2.03. The van der Waals surface area contributed by atoms with Gasteiger partial charge < -0.3 is 10.4 Å². The first-order chi connectivity index (χ1) is 13.1. The quantitative estimate of drug-likeness (QED) is 0.507. The molecule has 0 bridgehead atoms. The fraction of sp³-hybridized carbons (Fsp3) is 0.0952. The number of aliphatic hydroxyl groups is 1. The Morgan fingerprint density at radius 3 is 2.41 bits per heavy atom. The van der Waals surface area contributed by atoms with Crippen LogP contribution in [-0.4, -0.2) is 10.0 Å². The van der Waals surface area contributed by atoms with Gasteiger partial charge in [-0.2, -0.15) is 5.26 Å². The molecule has 0 spiro atoms. The van der Waals surface area contributed by atoms with Gasteiger partial charge in [-0.15, -0.1) is 0 Å². The number of nitro benzene ring substituents is 1. The summed E-state index contributed by atoms with van der Waals surface area (Å²) < 4.78 is 0. The summed E-state index contributed by atoms with van der Waals surface area (Å²) in [5.41, 5.74) is 4.29. The third-order valence-corrected chi connectivity index (χ3v) is 4.24. The van der Waals surface area contributed by atoms with Crippen LogP contribution in [0.15, 0.2) is 66.7 Å². The molecule has 2 N–H and O–H groups in total. The standard InChI is InChI=1S/C21H17N3O3/c22-12-18-3-1-2-4-19(18)17-8-5-15(6-9-17)13-23-20-11-16(14-25)7-10-21(20)24(26)27/h1-11,23,25H,13-14H2. The lowest BCUT2D eigenvalue weighted by atomic mass is 9.99. The molecule has 0 aliphatic rings. The van der Waals surface area contributed by atoms with E-state index in [1.165, 1.54) is 12.1 Å². The maximum atomic E-state index is 11.2. The molecule has 0 aromatic heterocycles. The molecule has 0 amide bonds. The summed E-state index contributed by atoms with van der Waals surface area (Å²) in [6.45, 7) is 0.218. The molecule has 3 aromatic carbocycles. The van der Waals surface area contributed by atoms with Crippen LogP contribution in [0.25, 0.3) is 11.1 Å². The van der Waals surface area contributed by atoms with E-state index in [0.717, 1.165) is 16.7 Å². The number of nitrogens with one attached hydrogen (secondary N) is 1.